The van der Waals surface area contributed by atoms with Crippen LogP contribution in [0.15, 0.2) is 53.7 Å². The molecule has 1 fully saturated rings. The van der Waals surface area contributed by atoms with Crippen LogP contribution < -0.4 is 10.5 Å². The molecule has 0 amide bonds. The Morgan fingerprint density at radius 2 is 1.93 bits per heavy atom. The quantitative estimate of drug-likeness (QED) is 0.536. The van der Waals surface area contributed by atoms with Crippen molar-refractivity contribution in [2.45, 2.75) is 13.0 Å². The maximum Gasteiger partial charge on any atom is 0.261 e. The minimum Gasteiger partial charge on any atom is -0.378 e. The average molecular weight is 389 g/mol. The van der Waals surface area contributed by atoms with Gasteiger partial charge in [0.05, 0.1) is 24.1 Å². The second-order valence-electron chi connectivity index (χ2n) is 7.42. The molecule has 1 aliphatic rings. The molecule has 0 saturated carbocycles. The molecule has 0 atom stereocenters. The summed E-state index contributed by atoms with van der Waals surface area (Å²) in [6.45, 7) is 3.52. The van der Waals surface area contributed by atoms with Crippen LogP contribution in [0, 0.1) is 0 Å². The first-order chi connectivity index (χ1) is 14.2. The Labute approximate surface area is 168 Å². The highest BCUT2D eigenvalue weighted by Crippen LogP contribution is 2.21. The van der Waals surface area contributed by atoms with E-state index in [-0.39, 0.29) is 5.56 Å². The van der Waals surface area contributed by atoms with Crippen molar-refractivity contribution >= 4 is 27.8 Å². The van der Waals surface area contributed by atoms with Crippen molar-refractivity contribution in [1.82, 2.24) is 19.1 Å². The zero-order valence-corrected chi connectivity index (χ0v) is 16.4. The van der Waals surface area contributed by atoms with Crippen LogP contribution in [0.1, 0.15) is 5.56 Å². The molecular weight excluding hydrogens is 366 g/mol. The van der Waals surface area contributed by atoms with Crippen LogP contribution >= 0.6 is 0 Å². The first-order valence-electron chi connectivity index (χ1n) is 9.92. The Hall–Kier alpha value is -3.19. The summed E-state index contributed by atoms with van der Waals surface area (Å²) >= 11 is 0. The van der Waals surface area contributed by atoms with E-state index in [0.717, 1.165) is 19.5 Å². The van der Waals surface area contributed by atoms with Crippen LogP contribution in [-0.2, 0) is 24.8 Å². The minimum atomic E-state index is -0.0451. The fourth-order valence-electron chi connectivity index (χ4n) is 4.02. The lowest BCUT2D eigenvalue weighted by atomic mass is 10.1. The lowest BCUT2D eigenvalue weighted by molar-refractivity contribution is 0.122. The Bertz CT molecular complexity index is 1240. The summed E-state index contributed by atoms with van der Waals surface area (Å²) in [6, 6.07) is 10.3. The van der Waals surface area contributed by atoms with Crippen LogP contribution in [0.5, 0.6) is 0 Å². The molecule has 7 nitrogen and oxygen atoms in total. The average Bonchev–Trinajstić information content (AvgIpc) is 3.09. The maximum absolute atomic E-state index is 13.0. The number of aryl methyl sites for hydroxylation is 3. The van der Waals surface area contributed by atoms with Crippen molar-refractivity contribution in [1.29, 1.82) is 0 Å². The zero-order chi connectivity index (χ0) is 19.8. The van der Waals surface area contributed by atoms with E-state index < -0.39 is 0 Å². The molecular formula is C22H23N5O2. The molecule has 3 aromatic heterocycles. The minimum absolute atomic E-state index is 0.0451. The van der Waals surface area contributed by atoms with Crippen molar-refractivity contribution in [3.8, 4) is 0 Å². The fourth-order valence-corrected chi connectivity index (χ4v) is 4.02. The van der Waals surface area contributed by atoms with Crippen LogP contribution in [0.25, 0.3) is 21.8 Å². The molecule has 1 saturated heterocycles. The van der Waals surface area contributed by atoms with Crippen molar-refractivity contribution in [2.75, 3.05) is 31.2 Å². The molecule has 0 unspecified atom stereocenters. The standard InChI is InChI=1S/C22H23N5O2/c1-25-15-16(17-4-2-3-5-20(17)25)6-8-26-9-7-19-18(21(26)28)14-23-22(24-19)27-10-12-29-13-11-27/h2-5,7,9,14-15H,6,8,10-13H2,1H3. The van der Waals surface area contributed by atoms with Gasteiger partial charge < -0.3 is 18.8 Å². The van der Waals surface area contributed by atoms with Crippen molar-refractivity contribution in [3.05, 3.63) is 64.8 Å². The normalized spacial score (nSPS) is 14.7. The smallest absolute Gasteiger partial charge is 0.261 e. The van der Waals surface area contributed by atoms with E-state index in [1.807, 2.05) is 18.3 Å². The Kier molecular flexibility index (Phi) is 4.52. The summed E-state index contributed by atoms with van der Waals surface area (Å²) in [6.07, 6.45) is 6.43. The third-order valence-corrected chi connectivity index (χ3v) is 5.60. The van der Waals surface area contributed by atoms with E-state index in [1.54, 1.807) is 10.8 Å². The van der Waals surface area contributed by atoms with Crippen LogP contribution in [-0.4, -0.2) is 45.4 Å². The lowest BCUT2D eigenvalue weighted by Crippen LogP contribution is -2.37. The topological polar surface area (TPSA) is 65.2 Å². The third kappa shape index (κ3) is 3.27. The van der Waals surface area contributed by atoms with Crippen molar-refractivity contribution < 1.29 is 4.74 Å². The molecule has 5 rings (SSSR count). The number of aromatic nitrogens is 4. The molecule has 148 valence electrons. The second-order valence-corrected chi connectivity index (χ2v) is 7.42. The molecule has 4 aromatic rings. The first-order valence-corrected chi connectivity index (χ1v) is 9.92. The van der Waals surface area contributed by atoms with Gasteiger partial charge in [-0.05, 0) is 24.1 Å². The molecule has 0 N–H and O–H groups in total. The number of benzene rings is 1. The summed E-state index contributed by atoms with van der Waals surface area (Å²) in [4.78, 5) is 24.1. The van der Waals surface area contributed by atoms with E-state index in [1.165, 1.54) is 16.5 Å². The van der Waals surface area contributed by atoms with Gasteiger partial charge in [-0.2, -0.15) is 0 Å². The third-order valence-electron chi connectivity index (χ3n) is 5.60. The highest BCUT2D eigenvalue weighted by Gasteiger charge is 2.15. The molecule has 29 heavy (non-hydrogen) atoms. The van der Waals surface area contributed by atoms with E-state index >= 15 is 0 Å². The summed E-state index contributed by atoms with van der Waals surface area (Å²) in [5, 5.41) is 1.80. The number of fused-ring (bicyclic) bond motifs is 2. The Balaban J connectivity index is 1.41. The van der Waals surface area contributed by atoms with Crippen LogP contribution in [0.4, 0.5) is 5.95 Å². The Morgan fingerprint density at radius 3 is 2.79 bits per heavy atom. The number of para-hydroxylation sites is 1. The monoisotopic (exact) mass is 389 g/mol. The number of ether oxygens (including phenoxy) is 1. The summed E-state index contributed by atoms with van der Waals surface area (Å²) < 4.78 is 9.27. The fraction of sp³-hybridized carbons (Fsp3) is 0.318. The van der Waals surface area contributed by atoms with E-state index in [0.29, 0.717) is 36.6 Å². The van der Waals surface area contributed by atoms with Crippen LogP contribution in [0.2, 0.25) is 0 Å². The number of nitrogens with zero attached hydrogens (tertiary/aromatic N) is 5. The van der Waals surface area contributed by atoms with Gasteiger partial charge in [0.1, 0.15) is 0 Å². The largest absolute Gasteiger partial charge is 0.378 e. The van der Waals surface area contributed by atoms with E-state index in [2.05, 4.69) is 50.9 Å². The second kappa shape index (κ2) is 7.33. The summed E-state index contributed by atoms with van der Waals surface area (Å²) in [5.74, 6) is 0.661. The Morgan fingerprint density at radius 1 is 1.10 bits per heavy atom. The van der Waals surface area contributed by atoms with Gasteiger partial charge in [-0.1, -0.05) is 18.2 Å². The highest BCUT2D eigenvalue weighted by molar-refractivity contribution is 5.84. The van der Waals surface area contributed by atoms with Gasteiger partial charge in [-0.3, -0.25) is 4.79 Å². The molecule has 1 aromatic carbocycles. The predicted octanol–water partition coefficient (Wildman–Crippen LogP) is 2.36. The lowest BCUT2D eigenvalue weighted by Gasteiger charge is -2.26. The summed E-state index contributed by atoms with van der Waals surface area (Å²) in [5.41, 5.74) is 3.09. The number of morpholine rings is 1. The molecule has 0 bridgehead atoms. The van der Waals surface area contributed by atoms with Gasteiger partial charge >= 0.3 is 0 Å². The number of hydrogen-bond donors (Lipinski definition) is 0. The van der Waals surface area contributed by atoms with E-state index in [9.17, 15) is 4.79 Å². The van der Waals surface area contributed by atoms with Crippen LogP contribution in [0.3, 0.4) is 0 Å². The molecule has 1 aliphatic heterocycles. The molecule has 0 spiro atoms. The van der Waals surface area contributed by atoms with Gasteiger partial charge in [0.2, 0.25) is 5.95 Å². The number of hydrogen-bond acceptors (Lipinski definition) is 5. The van der Waals surface area contributed by atoms with Crippen molar-refractivity contribution in [3.63, 3.8) is 0 Å². The summed E-state index contributed by atoms with van der Waals surface area (Å²) in [7, 11) is 2.05. The number of rotatable bonds is 4. The molecule has 7 heteroatoms. The SMILES string of the molecule is Cn1cc(CCn2ccc3nc(N4CCOCC4)ncc3c2=O)c2ccccc21. The maximum atomic E-state index is 13.0. The number of anilines is 1. The van der Waals surface area contributed by atoms with E-state index in [4.69, 9.17) is 4.74 Å². The van der Waals surface area contributed by atoms with Gasteiger partial charge in [0.15, 0.2) is 0 Å². The molecule has 4 heterocycles. The molecule has 0 radical (unpaired) electrons. The van der Waals surface area contributed by atoms with Gasteiger partial charge in [-0.15, -0.1) is 0 Å². The van der Waals surface area contributed by atoms with Gasteiger partial charge in [-0.25, -0.2) is 9.97 Å². The first kappa shape index (κ1) is 17.9. The van der Waals surface area contributed by atoms with Gasteiger partial charge in [0.25, 0.3) is 5.56 Å². The number of pyridine rings is 1. The van der Waals surface area contributed by atoms with Crippen molar-refractivity contribution in [2.24, 2.45) is 7.05 Å². The zero-order valence-electron chi connectivity index (χ0n) is 16.4. The predicted molar refractivity (Wildman–Crippen MR) is 113 cm³/mol. The van der Waals surface area contributed by atoms with Gasteiger partial charge in [0, 0.05) is 56.2 Å². The molecule has 0 aliphatic carbocycles. The highest BCUT2D eigenvalue weighted by atomic mass is 16.5.